The number of fused-ring (bicyclic) bond motifs is 1. The molecule has 2 aromatic carbocycles. The Morgan fingerprint density at radius 1 is 1.24 bits per heavy atom. The smallest absolute Gasteiger partial charge is 0.491 e. The third-order valence-corrected chi connectivity index (χ3v) is 4.81. The molecular formula is C17H10BrClF3N3O4. The Labute approximate surface area is 174 Å². The van der Waals surface area contributed by atoms with Crippen LogP contribution in [0.25, 0.3) is 10.9 Å². The van der Waals surface area contributed by atoms with Crippen LogP contribution in [-0.2, 0) is 4.79 Å². The van der Waals surface area contributed by atoms with Gasteiger partial charge >= 0.3 is 18.2 Å². The minimum atomic E-state index is -5.23. The lowest BCUT2D eigenvalue weighted by Gasteiger charge is -2.13. The molecule has 0 radical (unpaired) electrons. The number of rotatable bonds is 4. The maximum absolute atomic E-state index is 12.5. The fraction of sp³-hybridized carbons (Fsp3) is 0.118. The minimum absolute atomic E-state index is 0.00309. The second kappa shape index (κ2) is 7.91. The van der Waals surface area contributed by atoms with Crippen molar-refractivity contribution in [1.29, 1.82) is 0 Å². The predicted octanol–water partition coefficient (Wildman–Crippen LogP) is 4.97. The minimum Gasteiger partial charge on any atom is -0.504 e. The van der Waals surface area contributed by atoms with Crippen molar-refractivity contribution >= 4 is 55.9 Å². The number of benzene rings is 2. The topological polar surface area (TPSA) is 93.6 Å². The van der Waals surface area contributed by atoms with Gasteiger partial charge in [-0.1, -0.05) is 11.6 Å². The molecule has 1 heterocycles. The van der Waals surface area contributed by atoms with Crippen LogP contribution in [0, 0.1) is 0 Å². The lowest BCUT2D eigenvalue weighted by atomic mass is 10.2. The molecule has 1 aromatic heterocycles. The summed E-state index contributed by atoms with van der Waals surface area (Å²) in [4.78, 5) is 18.8. The van der Waals surface area contributed by atoms with Crippen LogP contribution in [0.3, 0.4) is 0 Å². The van der Waals surface area contributed by atoms with Gasteiger partial charge in [0.2, 0.25) is 0 Å². The van der Waals surface area contributed by atoms with E-state index in [-0.39, 0.29) is 28.2 Å². The third kappa shape index (κ3) is 4.62. The van der Waals surface area contributed by atoms with E-state index in [0.29, 0.717) is 15.2 Å². The zero-order valence-corrected chi connectivity index (χ0v) is 16.7. The predicted molar refractivity (Wildman–Crippen MR) is 102 cm³/mol. The first-order valence-corrected chi connectivity index (χ1v) is 8.85. The molecule has 7 nitrogen and oxygen atoms in total. The summed E-state index contributed by atoms with van der Waals surface area (Å²) in [6.45, 7) is 0. The number of hydrogen-bond acceptors (Lipinski definition) is 7. The number of hydrogen-bond donors (Lipinski definition) is 2. The lowest BCUT2D eigenvalue weighted by Crippen LogP contribution is -2.28. The normalized spacial score (nSPS) is 11.4. The third-order valence-electron chi connectivity index (χ3n) is 3.57. The van der Waals surface area contributed by atoms with Gasteiger partial charge in [0, 0.05) is 21.6 Å². The standard InChI is InChI=1S/C17H10BrClF3N3O4/c1-28-13-5-8-11(6-12(13)26)24-16(29-15(27)17(20,21)22)25-14(8)23-7-2-3-9(18)10(19)4-7/h2-6,26H,1H3,(H,23,24,25). The Morgan fingerprint density at radius 3 is 2.59 bits per heavy atom. The number of nitrogens with one attached hydrogen (secondary N) is 1. The van der Waals surface area contributed by atoms with Gasteiger partial charge in [-0.15, -0.1) is 0 Å². The molecule has 0 amide bonds. The Balaban J connectivity index is 2.12. The Bertz CT molecular complexity index is 1110. The molecule has 0 aliphatic rings. The average Bonchev–Trinajstić information content (AvgIpc) is 2.63. The number of esters is 1. The number of aromatic hydroxyl groups is 1. The lowest BCUT2D eigenvalue weighted by molar-refractivity contribution is -0.190. The first-order chi connectivity index (χ1) is 13.6. The van der Waals surface area contributed by atoms with Gasteiger partial charge in [-0.3, -0.25) is 0 Å². The molecule has 0 unspecified atom stereocenters. The monoisotopic (exact) mass is 491 g/mol. The molecule has 0 aliphatic heterocycles. The number of aromatic nitrogens is 2. The summed E-state index contributed by atoms with van der Waals surface area (Å²) in [6.07, 6.45) is -5.23. The second-order valence-corrected chi connectivity index (χ2v) is 6.80. The van der Waals surface area contributed by atoms with Gasteiger partial charge in [0.05, 0.1) is 17.6 Å². The summed E-state index contributed by atoms with van der Waals surface area (Å²) in [6, 6.07) is 6.48. The number of nitrogens with zero attached hydrogens (tertiary/aromatic N) is 2. The fourth-order valence-electron chi connectivity index (χ4n) is 2.28. The van der Waals surface area contributed by atoms with E-state index in [1.165, 1.54) is 13.2 Å². The van der Waals surface area contributed by atoms with Gasteiger partial charge in [0.1, 0.15) is 5.82 Å². The molecule has 0 bridgehead atoms. The molecule has 0 spiro atoms. The van der Waals surface area contributed by atoms with E-state index in [1.807, 2.05) is 0 Å². The molecule has 12 heteroatoms. The molecule has 3 rings (SSSR count). The zero-order valence-electron chi connectivity index (χ0n) is 14.3. The summed E-state index contributed by atoms with van der Waals surface area (Å²) in [5.41, 5.74) is 0.451. The Morgan fingerprint density at radius 2 is 1.97 bits per heavy atom. The maximum Gasteiger partial charge on any atom is 0.491 e. The van der Waals surface area contributed by atoms with Gasteiger partial charge in [-0.25, -0.2) is 4.79 Å². The number of phenols is 1. The number of phenolic OH excluding ortho intramolecular Hbond substituents is 1. The van der Waals surface area contributed by atoms with E-state index in [1.54, 1.807) is 18.2 Å². The van der Waals surface area contributed by atoms with Crippen LogP contribution in [-0.4, -0.2) is 34.3 Å². The molecule has 0 atom stereocenters. The first-order valence-electron chi connectivity index (χ1n) is 7.68. The average molecular weight is 493 g/mol. The molecule has 0 saturated heterocycles. The second-order valence-electron chi connectivity index (χ2n) is 5.54. The number of anilines is 2. The van der Waals surface area contributed by atoms with Crippen LogP contribution in [0.15, 0.2) is 34.8 Å². The van der Waals surface area contributed by atoms with Crippen LogP contribution in [0.4, 0.5) is 24.7 Å². The highest BCUT2D eigenvalue weighted by Gasteiger charge is 2.42. The van der Waals surface area contributed by atoms with E-state index >= 15 is 0 Å². The van der Waals surface area contributed by atoms with Crippen molar-refractivity contribution in [1.82, 2.24) is 9.97 Å². The van der Waals surface area contributed by atoms with Crippen molar-refractivity contribution in [3.8, 4) is 17.5 Å². The molecule has 0 saturated carbocycles. The molecule has 2 N–H and O–H groups in total. The number of ether oxygens (including phenoxy) is 2. The van der Waals surface area contributed by atoms with E-state index in [9.17, 15) is 23.1 Å². The summed E-state index contributed by atoms with van der Waals surface area (Å²) >= 11 is 9.30. The van der Waals surface area contributed by atoms with Crippen LogP contribution in [0.5, 0.6) is 17.5 Å². The Hall–Kier alpha value is -2.79. The molecular weight excluding hydrogens is 483 g/mol. The maximum atomic E-state index is 12.5. The van der Waals surface area contributed by atoms with Crippen molar-refractivity contribution in [3.05, 3.63) is 39.8 Å². The number of carbonyl (C=O) groups is 1. The van der Waals surface area contributed by atoms with E-state index in [2.05, 4.69) is 36.0 Å². The van der Waals surface area contributed by atoms with E-state index in [0.717, 1.165) is 6.07 Å². The van der Waals surface area contributed by atoms with Crippen LogP contribution in [0.1, 0.15) is 0 Å². The SMILES string of the molecule is COc1cc2c(Nc3ccc(Br)c(Cl)c3)nc(OC(=O)C(F)(F)F)nc2cc1O. The van der Waals surface area contributed by atoms with Gasteiger partial charge in [0.25, 0.3) is 0 Å². The number of alkyl halides is 3. The summed E-state index contributed by atoms with van der Waals surface area (Å²) < 4.78 is 47.5. The fourth-order valence-corrected chi connectivity index (χ4v) is 2.71. The van der Waals surface area contributed by atoms with Gasteiger partial charge < -0.3 is 19.9 Å². The quantitative estimate of drug-likeness (QED) is 0.497. The first kappa shape index (κ1) is 20.9. The van der Waals surface area contributed by atoms with Crippen molar-refractivity contribution in [2.45, 2.75) is 6.18 Å². The van der Waals surface area contributed by atoms with Crippen LogP contribution < -0.4 is 14.8 Å². The highest BCUT2D eigenvalue weighted by Crippen LogP contribution is 2.36. The van der Waals surface area contributed by atoms with Gasteiger partial charge in [-0.2, -0.15) is 23.1 Å². The molecule has 0 fully saturated rings. The van der Waals surface area contributed by atoms with Crippen molar-refractivity contribution < 1.29 is 32.5 Å². The molecule has 0 aliphatic carbocycles. The highest BCUT2D eigenvalue weighted by atomic mass is 79.9. The molecule has 152 valence electrons. The number of carbonyl (C=O) groups excluding carboxylic acids is 1. The van der Waals surface area contributed by atoms with Crippen LogP contribution in [0.2, 0.25) is 5.02 Å². The van der Waals surface area contributed by atoms with Crippen LogP contribution >= 0.6 is 27.5 Å². The highest BCUT2D eigenvalue weighted by molar-refractivity contribution is 9.10. The largest absolute Gasteiger partial charge is 0.504 e. The number of halogens is 5. The van der Waals surface area contributed by atoms with Crippen molar-refractivity contribution in [2.24, 2.45) is 0 Å². The zero-order chi connectivity index (χ0) is 21.3. The summed E-state index contributed by atoms with van der Waals surface area (Å²) in [5.74, 6) is -2.72. The molecule has 3 aromatic rings. The number of methoxy groups -OCH3 is 1. The van der Waals surface area contributed by atoms with E-state index < -0.39 is 18.2 Å². The van der Waals surface area contributed by atoms with Gasteiger partial charge in [-0.05, 0) is 40.2 Å². The van der Waals surface area contributed by atoms with Gasteiger partial charge in [0.15, 0.2) is 11.5 Å². The van der Waals surface area contributed by atoms with Crippen molar-refractivity contribution in [2.75, 3.05) is 12.4 Å². The Kier molecular flexibility index (Phi) is 5.71. The van der Waals surface area contributed by atoms with Crippen molar-refractivity contribution in [3.63, 3.8) is 0 Å². The molecule has 29 heavy (non-hydrogen) atoms. The van der Waals surface area contributed by atoms with E-state index in [4.69, 9.17) is 16.3 Å². The summed E-state index contributed by atoms with van der Waals surface area (Å²) in [5, 5.41) is 13.5. The summed E-state index contributed by atoms with van der Waals surface area (Å²) in [7, 11) is 1.32.